The van der Waals surface area contributed by atoms with Crippen LogP contribution in [0.1, 0.15) is 33.8 Å². The number of hydrogen-bond donors (Lipinski definition) is 2. The molecule has 5 heteroatoms. The summed E-state index contributed by atoms with van der Waals surface area (Å²) in [5, 5.41) is 12.7. The Morgan fingerprint density at radius 2 is 2.22 bits per heavy atom. The SMILES string of the molecule is C[C@H]1CNC(=O)c2cc3ccc(C(=O)O)cc3n21. The zero-order valence-electron chi connectivity index (χ0n) is 9.80. The molecule has 2 heterocycles. The second-order valence-corrected chi connectivity index (χ2v) is 4.54. The third-order valence-corrected chi connectivity index (χ3v) is 3.32. The summed E-state index contributed by atoms with van der Waals surface area (Å²) in [6.07, 6.45) is 0. The monoisotopic (exact) mass is 244 g/mol. The quantitative estimate of drug-likeness (QED) is 0.801. The average molecular weight is 244 g/mol. The number of aromatic nitrogens is 1. The van der Waals surface area contributed by atoms with Crippen LogP contribution in [0.15, 0.2) is 24.3 Å². The van der Waals surface area contributed by atoms with E-state index in [1.807, 2.05) is 11.5 Å². The summed E-state index contributed by atoms with van der Waals surface area (Å²) < 4.78 is 1.90. The lowest BCUT2D eigenvalue weighted by Gasteiger charge is -2.24. The lowest BCUT2D eigenvalue weighted by atomic mass is 10.1. The van der Waals surface area contributed by atoms with Crippen molar-refractivity contribution in [3.8, 4) is 0 Å². The maximum Gasteiger partial charge on any atom is 0.335 e. The van der Waals surface area contributed by atoms with Gasteiger partial charge < -0.3 is 15.0 Å². The molecule has 92 valence electrons. The number of fused-ring (bicyclic) bond motifs is 3. The Bertz CT molecular complexity index is 672. The van der Waals surface area contributed by atoms with Gasteiger partial charge in [-0.15, -0.1) is 0 Å². The van der Waals surface area contributed by atoms with Crippen LogP contribution in [0.25, 0.3) is 10.9 Å². The number of amides is 1. The lowest BCUT2D eigenvalue weighted by Crippen LogP contribution is -2.37. The second kappa shape index (κ2) is 3.60. The Morgan fingerprint density at radius 3 is 2.94 bits per heavy atom. The molecule has 0 radical (unpaired) electrons. The molecule has 0 spiro atoms. The molecule has 2 N–H and O–H groups in total. The molecule has 1 aromatic heterocycles. The molecule has 0 saturated heterocycles. The van der Waals surface area contributed by atoms with Crippen LogP contribution in [0.2, 0.25) is 0 Å². The maximum absolute atomic E-state index is 11.8. The third kappa shape index (κ3) is 1.40. The van der Waals surface area contributed by atoms with E-state index < -0.39 is 5.97 Å². The molecule has 3 rings (SSSR count). The van der Waals surface area contributed by atoms with Gasteiger partial charge in [-0.1, -0.05) is 6.07 Å². The van der Waals surface area contributed by atoms with E-state index in [9.17, 15) is 9.59 Å². The van der Waals surface area contributed by atoms with Gasteiger partial charge in [-0.3, -0.25) is 4.79 Å². The van der Waals surface area contributed by atoms with Crippen LogP contribution in [0.3, 0.4) is 0 Å². The number of nitrogens with one attached hydrogen (secondary N) is 1. The molecule has 1 amide bonds. The largest absolute Gasteiger partial charge is 0.478 e. The zero-order valence-corrected chi connectivity index (χ0v) is 9.80. The van der Waals surface area contributed by atoms with Gasteiger partial charge in [0.1, 0.15) is 5.69 Å². The van der Waals surface area contributed by atoms with E-state index in [0.29, 0.717) is 12.2 Å². The van der Waals surface area contributed by atoms with E-state index >= 15 is 0 Å². The number of nitrogens with zero attached hydrogens (tertiary/aromatic N) is 1. The van der Waals surface area contributed by atoms with Crippen LogP contribution in [-0.2, 0) is 0 Å². The van der Waals surface area contributed by atoms with Gasteiger partial charge in [-0.2, -0.15) is 0 Å². The highest BCUT2D eigenvalue weighted by Gasteiger charge is 2.24. The first-order chi connectivity index (χ1) is 8.58. The molecular formula is C13H12N2O3. The lowest BCUT2D eigenvalue weighted by molar-refractivity contribution is 0.0697. The summed E-state index contributed by atoms with van der Waals surface area (Å²) >= 11 is 0. The minimum absolute atomic E-state index is 0.110. The van der Waals surface area contributed by atoms with Crippen molar-refractivity contribution in [2.24, 2.45) is 0 Å². The zero-order chi connectivity index (χ0) is 12.9. The van der Waals surface area contributed by atoms with Gasteiger partial charge in [0, 0.05) is 23.5 Å². The van der Waals surface area contributed by atoms with Crippen molar-refractivity contribution >= 4 is 22.8 Å². The maximum atomic E-state index is 11.8. The average Bonchev–Trinajstić information content (AvgIpc) is 2.73. The van der Waals surface area contributed by atoms with Crippen LogP contribution in [0.4, 0.5) is 0 Å². The number of carbonyl (C=O) groups excluding carboxylic acids is 1. The van der Waals surface area contributed by atoms with Crippen LogP contribution >= 0.6 is 0 Å². The van der Waals surface area contributed by atoms with Crippen LogP contribution in [-0.4, -0.2) is 28.1 Å². The van der Waals surface area contributed by atoms with Crippen molar-refractivity contribution in [2.75, 3.05) is 6.54 Å². The van der Waals surface area contributed by atoms with Crippen molar-refractivity contribution < 1.29 is 14.7 Å². The summed E-state index contributed by atoms with van der Waals surface area (Å²) in [7, 11) is 0. The summed E-state index contributed by atoms with van der Waals surface area (Å²) in [5.74, 6) is -1.07. The molecule has 1 aliphatic heterocycles. The number of hydrogen-bond acceptors (Lipinski definition) is 2. The van der Waals surface area contributed by atoms with Crippen molar-refractivity contribution in [3.63, 3.8) is 0 Å². The molecule has 18 heavy (non-hydrogen) atoms. The third-order valence-electron chi connectivity index (χ3n) is 3.32. The number of rotatable bonds is 1. The number of benzene rings is 1. The predicted molar refractivity (Wildman–Crippen MR) is 65.9 cm³/mol. The first-order valence-corrected chi connectivity index (χ1v) is 5.74. The molecule has 0 saturated carbocycles. The standard InChI is InChI=1S/C13H12N2O3/c1-7-6-14-12(16)11-4-8-2-3-9(13(17)18)5-10(8)15(7)11/h2-5,7H,6H2,1H3,(H,14,16)(H,17,18)/t7-/m0/s1. The van der Waals surface area contributed by atoms with Crippen molar-refractivity contribution in [3.05, 3.63) is 35.5 Å². The van der Waals surface area contributed by atoms with E-state index in [0.717, 1.165) is 10.9 Å². The number of carboxylic acid groups (broad SMARTS) is 1. The summed E-state index contributed by atoms with van der Waals surface area (Å²) in [4.78, 5) is 22.8. The smallest absolute Gasteiger partial charge is 0.335 e. The Balaban J connectivity index is 2.32. The minimum atomic E-state index is -0.958. The van der Waals surface area contributed by atoms with Crippen molar-refractivity contribution in [2.45, 2.75) is 13.0 Å². The normalized spacial score (nSPS) is 18.5. The number of aromatic carboxylic acids is 1. The van der Waals surface area contributed by atoms with E-state index in [2.05, 4.69) is 5.32 Å². The first-order valence-electron chi connectivity index (χ1n) is 5.74. The van der Waals surface area contributed by atoms with Crippen LogP contribution < -0.4 is 5.32 Å². The van der Waals surface area contributed by atoms with Gasteiger partial charge in [0.25, 0.3) is 5.91 Å². The molecule has 1 aromatic carbocycles. The molecule has 2 aromatic rings. The van der Waals surface area contributed by atoms with Crippen molar-refractivity contribution in [1.82, 2.24) is 9.88 Å². The van der Waals surface area contributed by atoms with Gasteiger partial charge in [0.05, 0.1) is 5.56 Å². The number of carboxylic acids is 1. The second-order valence-electron chi connectivity index (χ2n) is 4.54. The molecule has 0 fully saturated rings. The van der Waals surface area contributed by atoms with Gasteiger partial charge in [0.2, 0.25) is 0 Å². The van der Waals surface area contributed by atoms with Gasteiger partial charge >= 0.3 is 5.97 Å². The highest BCUT2D eigenvalue weighted by Crippen LogP contribution is 2.27. The molecule has 5 nitrogen and oxygen atoms in total. The van der Waals surface area contributed by atoms with E-state index in [4.69, 9.17) is 5.11 Å². The number of carbonyl (C=O) groups is 2. The molecular weight excluding hydrogens is 232 g/mol. The Hall–Kier alpha value is -2.30. The predicted octanol–water partition coefficient (Wildman–Crippen LogP) is 1.64. The fourth-order valence-corrected chi connectivity index (χ4v) is 2.43. The molecule has 0 aliphatic carbocycles. The van der Waals surface area contributed by atoms with Gasteiger partial charge in [-0.25, -0.2) is 4.79 Å². The Kier molecular flexibility index (Phi) is 2.16. The first kappa shape index (κ1) is 10.8. The fraction of sp³-hybridized carbons (Fsp3) is 0.231. The van der Waals surface area contributed by atoms with E-state index in [-0.39, 0.29) is 17.5 Å². The molecule has 1 aliphatic rings. The van der Waals surface area contributed by atoms with Crippen molar-refractivity contribution in [1.29, 1.82) is 0 Å². The van der Waals surface area contributed by atoms with Crippen LogP contribution in [0.5, 0.6) is 0 Å². The minimum Gasteiger partial charge on any atom is -0.478 e. The van der Waals surface area contributed by atoms with Gasteiger partial charge in [0.15, 0.2) is 0 Å². The fourth-order valence-electron chi connectivity index (χ4n) is 2.43. The Labute approximate surface area is 103 Å². The summed E-state index contributed by atoms with van der Waals surface area (Å²) in [6, 6.07) is 6.84. The summed E-state index contributed by atoms with van der Waals surface area (Å²) in [5.41, 5.74) is 1.63. The van der Waals surface area contributed by atoms with E-state index in [1.165, 1.54) is 0 Å². The highest BCUT2D eigenvalue weighted by molar-refractivity contribution is 6.01. The molecule has 1 atom stereocenters. The molecule has 0 unspecified atom stereocenters. The topological polar surface area (TPSA) is 71.3 Å². The summed E-state index contributed by atoms with van der Waals surface area (Å²) in [6.45, 7) is 2.56. The molecule has 0 bridgehead atoms. The highest BCUT2D eigenvalue weighted by atomic mass is 16.4. The van der Waals surface area contributed by atoms with Crippen LogP contribution in [0, 0.1) is 0 Å². The van der Waals surface area contributed by atoms with E-state index in [1.54, 1.807) is 24.3 Å². The Morgan fingerprint density at radius 1 is 1.44 bits per heavy atom. The van der Waals surface area contributed by atoms with Gasteiger partial charge in [-0.05, 0) is 25.1 Å².